The van der Waals surface area contributed by atoms with Crippen LogP contribution in [0.25, 0.3) is 11.1 Å². The largest absolute Gasteiger partial charge is 0.309 e. The summed E-state index contributed by atoms with van der Waals surface area (Å²) in [5.41, 5.74) is 2.85. The lowest BCUT2D eigenvalue weighted by atomic mass is 10.1. The second-order valence-corrected chi connectivity index (χ2v) is 8.40. The zero-order valence-corrected chi connectivity index (χ0v) is 15.1. The molecule has 0 N–H and O–H groups in total. The number of anilines is 1. The number of nitrogens with zero attached hydrogens (tertiary/aromatic N) is 4. The van der Waals surface area contributed by atoms with E-state index in [0.29, 0.717) is 38.3 Å². The minimum Gasteiger partial charge on any atom is -0.309 e. The highest BCUT2D eigenvalue weighted by Gasteiger charge is 2.43. The van der Waals surface area contributed by atoms with Crippen LogP contribution < -0.4 is 4.31 Å². The Balaban J connectivity index is 1.54. The molecular weight excluding hydrogens is 348 g/mol. The Kier molecular flexibility index (Phi) is 4.31. The number of rotatable bonds is 3. The molecule has 134 valence electrons. The van der Waals surface area contributed by atoms with E-state index in [2.05, 4.69) is 6.19 Å². The van der Waals surface area contributed by atoms with Gasteiger partial charge in [-0.3, -0.25) is 4.31 Å². The molecule has 1 atom stereocenters. The van der Waals surface area contributed by atoms with E-state index >= 15 is 0 Å². The van der Waals surface area contributed by atoms with Crippen molar-refractivity contribution in [1.29, 1.82) is 5.26 Å². The molecule has 2 saturated heterocycles. The first-order valence-electron chi connectivity index (χ1n) is 8.69. The third kappa shape index (κ3) is 2.91. The molecule has 0 aliphatic carbocycles. The van der Waals surface area contributed by atoms with Crippen LogP contribution in [0.2, 0.25) is 0 Å². The van der Waals surface area contributed by atoms with E-state index in [0.717, 1.165) is 11.1 Å². The van der Waals surface area contributed by atoms with Gasteiger partial charge in [-0.15, -0.1) is 0 Å². The van der Waals surface area contributed by atoms with E-state index in [1.807, 2.05) is 54.6 Å². The Morgan fingerprint density at radius 3 is 2.27 bits per heavy atom. The third-order valence-corrected chi connectivity index (χ3v) is 7.10. The van der Waals surface area contributed by atoms with Gasteiger partial charge in [0.2, 0.25) is 0 Å². The summed E-state index contributed by atoms with van der Waals surface area (Å²) >= 11 is 0. The lowest BCUT2D eigenvalue weighted by Crippen LogP contribution is -2.41. The van der Waals surface area contributed by atoms with Crippen LogP contribution >= 0.6 is 0 Å². The van der Waals surface area contributed by atoms with Crippen LogP contribution in [0, 0.1) is 11.5 Å². The molecule has 2 fully saturated rings. The maximum Gasteiger partial charge on any atom is 0.304 e. The Bertz CT molecular complexity index is 922. The van der Waals surface area contributed by atoms with Gasteiger partial charge in [-0.05, 0) is 29.7 Å². The quantitative estimate of drug-likeness (QED) is 0.780. The highest BCUT2D eigenvalue weighted by Crippen LogP contribution is 2.31. The average Bonchev–Trinajstić information content (AvgIpc) is 3.26. The average molecular weight is 368 g/mol. The number of likely N-dealkylation sites (tertiary alicyclic amines) is 1. The summed E-state index contributed by atoms with van der Waals surface area (Å²) in [4.78, 5) is 1.62. The van der Waals surface area contributed by atoms with E-state index in [1.165, 1.54) is 4.31 Å². The van der Waals surface area contributed by atoms with Gasteiger partial charge in [-0.1, -0.05) is 42.5 Å². The number of hydrogen-bond acceptors (Lipinski definition) is 4. The SMILES string of the molecule is N#CN1CCC(N2CCN(c3ccc(-c4ccccc4)cc3)S2(=O)=O)C1. The number of benzene rings is 2. The smallest absolute Gasteiger partial charge is 0.304 e. The summed E-state index contributed by atoms with van der Waals surface area (Å²) in [5, 5.41) is 9.00. The molecule has 0 spiro atoms. The Hall–Kier alpha value is -2.56. The molecule has 26 heavy (non-hydrogen) atoms. The van der Waals surface area contributed by atoms with Crippen molar-refractivity contribution in [2.75, 3.05) is 30.5 Å². The van der Waals surface area contributed by atoms with Crippen LogP contribution in [0.15, 0.2) is 54.6 Å². The van der Waals surface area contributed by atoms with E-state index < -0.39 is 10.2 Å². The van der Waals surface area contributed by atoms with Crippen molar-refractivity contribution in [2.24, 2.45) is 0 Å². The molecule has 2 aromatic rings. The summed E-state index contributed by atoms with van der Waals surface area (Å²) < 4.78 is 29.0. The van der Waals surface area contributed by atoms with E-state index in [9.17, 15) is 8.42 Å². The van der Waals surface area contributed by atoms with Crippen molar-refractivity contribution < 1.29 is 8.42 Å². The first-order chi connectivity index (χ1) is 12.6. The van der Waals surface area contributed by atoms with Gasteiger partial charge in [0.15, 0.2) is 6.19 Å². The minimum atomic E-state index is -3.54. The Labute approximate surface area is 154 Å². The highest BCUT2D eigenvalue weighted by atomic mass is 32.2. The van der Waals surface area contributed by atoms with Crippen molar-refractivity contribution in [3.8, 4) is 17.3 Å². The summed E-state index contributed by atoms with van der Waals surface area (Å²) in [7, 11) is -3.54. The molecule has 0 bridgehead atoms. The van der Waals surface area contributed by atoms with E-state index in [4.69, 9.17) is 5.26 Å². The van der Waals surface area contributed by atoms with Gasteiger partial charge < -0.3 is 4.90 Å². The molecule has 7 heteroatoms. The molecule has 6 nitrogen and oxygen atoms in total. The molecule has 2 aliphatic heterocycles. The normalized spacial score (nSPS) is 22.5. The molecule has 2 aromatic carbocycles. The fourth-order valence-electron chi connectivity index (χ4n) is 3.70. The first-order valence-corrected chi connectivity index (χ1v) is 10.1. The van der Waals surface area contributed by atoms with Crippen LogP contribution in [-0.4, -0.2) is 49.8 Å². The van der Waals surface area contributed by atoms with Gasteiger partial charge >= 0.3 is 10.2 Å². The molecule has 1 unspecified atom stereocenters. The van der Waals surface area contributed by atoms with Gasteiger partial charge in [0.1, 0.15) is 0 Å². The monoisotopic (exact) mass is 368 g/mol. The summed E-state index contributed by atoms with van der Waals surface area (Å²) in [6.07, 6.45) is 2.81. The number of nitriles is 1. The third-order valence-electron chi connectivity index (χ3n) is 5.07. The molecule has 0 amide bonds. The van der Waals surface area contributed by atoms with Gasteiger partial charge in [-0.2, -0.15) is 18.0 Å². The summed E-state index contributed by atoms with van der Waals surface area (Å²) in [5.74, 6) is 0. The van der Waals surface area contributed by atoms with E-state index in [-0.39, 0.29) is 6.04 Å². The van der Waals surface area contributed by atoms with Gasteiger partial charge in [0.25, 0.3) is 0 Å². The summed E-state index contributed by atoms with van der Waals surface area (Å²) in [6, 6.07) is 17.5. The fraction of sp³-hybridized carbons (Fsp3) is 0.316. The second-order valence-electron chi connectivity index (χ2n) is 6.59. The van der Waals surface area contributed by atoms with Crippen LogP contribution in [0.5, 0.6) is 0 Å². The fourth-order valence-corrected chi connectivity index (χ4v) is 5.51. The zero-order valence-electron chi connectivity index (χ0n) is 14.3. The second kappa shape index (κ2) is 6.63. The van der Waals surface area contributed by atoms with Crippen molar-refractivity contribution in [1.82, 2.24) is 9.21 Å². The topological polar surface area (TPSA) is 67.7 Å². The van der Waals surface area contributed by atoms with Crippen LogP contribution in [0.1, 0.15) is 6.42 Å². The molecule has 0 radical (unpaired) electrons. The van der Waals surface area contributed by atoms with Crippen molar-refractivity contribution in [3.05, 3.63) is 54.6 Å². The maximum atomic E-state index is 13.0. The van der Waals surface area contributed by atoms with Crippen molar-refractivity contribution in [3.63, 3.8) is 0 Å². The van der Waals surface area contributed by atoms with E-state index in [1.54, 1.807) is 9.21 Å². The standard InChI is InChI=1S/C19H20N4O2S/c20-15-21-11-10-19(14-21)23-13-12-22(26(23,24)25)18-8-6-17(7-9-18)16-4-2-1-3-5-16/h1-9,19H,10-14H2. The Morgan fingerprint density at radius 2 is 1.62 bits per heavy atom. The van der Waals surface area contributed by atoms with Crippen LogP contribution in [0.3, 0.4) is 0 Å². The summed E-state index contributed by atoms with van der Waals surface area (Å²) in [6.45, 7) is 2.01. The first kappa shape index (κ1) is 16.9. The molecule has 0 saturated carbocycles. The molecule has 4 rings (SSSR count). The van der Waals surface area contributed by atoms with Gasteiger partial charge in [0, 0.05) is 32.2 Å². The lowest BCUT2D eigenvalue weighted by molar-refractivity contribution is 0.345. The van der Waals surface area contributed by atoms with Crippen molar-refractivity contribution in [2.45, 2.75) is 12.5 Å². The lowest BCUT2D eigenvalue weighted by Gasteiger charge is -2.24. The van der Waals surface area contributed by atoms with Crippen molar-refractivity contribution >= 4 is 15.9 Å². The van der Waals surface area contributed by atoms with Crippen LogP contribution in [-0.2, 0) is 10.2 Å². The zero-order chi connectivity index (χ0) is 18.1. The number of hydrogen-bond donors (Lipinski definition) is 0. The predicted octanol–water partition coefficient (Wildman–Crippen LogP) is 2.28. The van der Waals surface area contributed by atoms with Crippen LogP contribution in [0.4, 0.5) is 5.69 Å². The molecule has 2 aliphatic rings. The highest BCUT2D eigenvalue weighted by molar-refractivity contribution is 7.90. The van der Waals surface area contributed by atoms with Gasteiger partial charge in [-0.25, -0.2) is 0 Å². The maximum absolute atomic E-state index is 13.0. The Morgan fingerprint density at radius 1 is 0.923 bits per heavy atom. The minimum absolute atomic E-state index is 0.117. The molecular formula is C19H20N4O2S. The van der Waals surface area contributed by atoms with Gasteiger partial charge in [0.05, 0.1) is 5.69 Å². The predicted molar refractivity (Wildman–Crippen MR) is 100 cm³/mol. The molecule has 0 aromatic heterocycles. The molecule has 2 heterocycles.